The highest BCUT2D eigenvalue weighted by Gasteiger charge is 2.29. The molecule has 1 aromatic heterocycles. The predicted molar refractivity (Wildman–Crippen MR) is 168 cm³/mol. The SMILES string of the molecule is Cc1ccc(S(=O)(=O)N(Cc2ccccc2)c2ccc(Nc3nc(N4CCCCC4)nc(N4CC(N)C4)n3)cc2O)cc1. The van der Waals surface area contributed by atoms with E-state index in [1.165, 1.54) is 16.8 Å². The standard InChI is InChI=1S/C31H36N8O3S/c1-22-10-13-26(14-11-22)43(41,42)39(19-23-8-4-2-5-9-23)27-15-12-25(18-28(27)40)33-29-34-30(37-16-6-3-7-17-37)36-31(35-29)38-20-24(32)21-38/h2,4-5,8-15,18,24,40H,3,6-7,16-17,19-21,32H2,1H3,(H,33,34,35,36). The maximum atomic E-state index is 13.9. The van der Waals surface area contributed by atoms with Crippen molar-refractivity contribution in [3.63, 3.8) is 0 Å². The van der Waals surface area contributed by atoms with Crippen LogP contribution in [0.2, 0.25) is 0 Å². The van der Waals surface area contributed by atoms with Crippen LogP contribution in [0.15, 0.2) is 77.7 Å². The molecule has 11 nitrogen and oxygen atoms in total. The van der Waals surface area contributed by atoms with Crippen molar-refractivity contribution in [3.05, 3.63) is 83.9 Å². The zero-order chi connectivity index (χ0) is 30.0. The van der Waals surface area contributed by atoms with Gasteiger partial charge in [0.25, 0.3) is 10.0 Å². The summed E-state index contributed by atoms with van der Waals surface area (Å²) in [7, 11) is -4.00. The summed E-state index contributed by atoms with van der Waals surface area (Å²) in [5.41, 5.74) is 8.42. The normalized spacial score (nSPS) is 15.7. The second-order valence-electron chi connectivity index (χ2n) is 11.1. The van der Waals surface area contributed by atoms with Gasteiger partial charge in [0.2, 0.25) is 17.8 Å². The lowest BCUT2D eigenvalue weighted by atomic mass is 10.1. The molecule has 4 N–H and O–H groups in total. The van der Waals surface area contributed by atoms with Crippen LogP contribution in [-0.4, -0.2) is 60.7 Å². The summed E-state index contributed by atoms with van der Waals surface area (Å²) >= 11 is 0. The van der Waals surface area contributed by atoms with Crippen molar-refractivity contribution in [2.75, 3.05) is 45.6 Å². The van der Waals surface area contributed by atoms with Crippen LogP contribution in [0.5, 0.6) is 5.75 Å². The van der Waals surface area contributed by atoms with Gasteiger partial charge in [-0.25, -0.2) is 8.42 Å². The number of phenolic OH excluding ortho intramolecular Hbond substituents is 1. The van der Waals surface area contributed by atoms with Crippen LogP contribution in [0.4, 0.5) is 29.2 Å². The van der Waals surface area contributed by atoms with E-state index >= 15 is 0 Å². The molecule has 0 spiro atoms. The average molecular weight is 601 g/mol. The molecule has 0 aliphatic carbocycles. The van der Waals surface area contributed by atoms with Gasteiger partial charge in [-0.3, -0.25) is 4.31 Å². The van der Waals surface area contributed by atoms with Crippen molar-refractivity contribution in [2.45, 2.75) is 43.7 Å². The first-order chi connectivity index (χ1) is 20.8. The van der Waals surface area contributed by atoms with Crippen molar-refractivity contribution in [1.82, 2.24) is 15.0 Å². The third kappa shape index (κ3) is 6.35. The first-order valence-electron chi connectivity index (χ1n) is 14.5. The number of aromatic hydroxyl groups is 1. The molecule has 3 heterocycles. The Kier molecular flexibility index (Phi) is 8.04. The lowest BCUT2D eigenvalue weighted by molar-refractivity contribution is 0.475. The van der Waals surface area contributed by atoms with Crippen LogP contribution < -0.4 is 25.2 Å². The van der Waals surface area contributed by atoms with Gasteiger partial charge < -0.3 is 26.0 Å². The third-order valence-corrected chi connectivity index (χ3v) is 9.50. The number of piperidine rings is 1. The van der Waals surface area contributed by atoms with Gasteiger partial charge in [0, 0.05) is 44.0 Å². The highest BCUT2D eigenvalue weighted by molar-refractivity contribution is 7.92. The molecule has 2 aliphatic heterocycles. The van der Waals surface area contributed by atoms with E-state index in [-0.39, 0.29) is 28.9 Å². The lowest BCUT2D eigenvalue weighted by Crippen LogP contribution is -2.56. The molecular formula is C31H36N8O3S. The Morgan fingerprint density at radius 1 is 0.907 bits per heavy atom. The quantitative estimate of drug-likeness (QED) is 0.256. The van der Waals surface area contributed by atoms with Gasteiger partial charge in [0.1, 0.15) is 5.75 Å². The van der Waals surface area contributed by atoms with Crippen LogP contribution in [0.25, 0.3) is 0 Å². The highest BCUT2D eigenvalue weighted by atomic mass is 32.2. The largest absolute Gasteiger partial charge is 0.506 e. The Morgan fingerprint density at radius 2 is 1.58 bits per heavy atom. The number of hydrogen-bond donors (Lipinski definition) is 3. The second-order valence-corrected chi connectivity index (χ2v) is 13.0. The Hall–Kier alpha value is -4.42. The third-order valence-electron chi connectivity index (χ3n) is 7.72. The maximum Gasteiger partial charge on any atom is 0.264 e. The summed E-state index contributed by atoms with van der Waals surface area (Å²) in [6.07, 6.45) is 3.35. The van der Waals surface area contributed by atoms with Gasteiger partial charge >= 0.3 is 0 Å². The molecule has 0 saturated carbocycles. The molecular weight excluding hydrogens is 564 g/mol. The van der Waals surface area contributed by atoms with Crippen molar-refractivity contribution in [1.29, 1.82) is 0 Å². The molecule has 0 bridgehead atoms. The fourth-order valence-electron chi connectivity index (χ4n) is 5.29. The monoisotopic (exact) mass is 600 g/mol. The van der Waals surface area contributed by atoms with Gasteiger partial charge in [0.15, 0.2) is 0 Å². The summed E-state index contributed by atoms with van der Waals surface area (Å²) in [6.45, 7) is 5.05. The predicted octanol–water partition coefficient (Wildman–Crippen LogP) is 4.16. The molecule has 0 radical (unpaired) electrons. The smallest absolute Gasteiger partial charge is 0.264 e. The minimum Gasteiger partial charge on any atom is -0.506 e. The van der Waals surface area contributed by atoms with Gasteiger partial charge in [-0.15, -0.1) is 0 Å². The number of nitrogens with zero attached hydrogens (tertiary/aromatic N) is 6. The number of aryl methyl sites for hydroxylation is 1. The van der Waals surface area contributed by atoms with E-state index < -0.39 is 10.0 Å². The number of rotatable bonds is 9. The number of aromatic nitrogens is 3. The minimum atomic E-state index is -4.00. The molecule has 6 rings (SSSR count). The van der Waals surface area contributed by atoms with Crippen LogP contribution in [0.1, 0.15) is 30.4 Å². The van der Waals surface area contributed by atoms with Crippen molar-refractivity contribution < 1.29 is 13.5 Å². The number of anilines is 5. The molecule has 2 saturated heterocycles. The number of sulfonamides is 1. The first kappa shape index (κ1) is 28.7. The van der Waals surface area contributed by atoms with E-state index in [4.69, 9.17) is 10.7 Å². The zero-order valence-corrected chi connectivity index (χ0v) is 24.9. The van der Waals surface area contributed by atoms with Crippen molar-refractivity contribution in [2.24, 2.45) is 5.73 Å². The van der Waals surface area contributed by atoms with E-state index in [0.29, 0.717) is 36.6 Å². The molecule has 3 aromatic carbocycles. The van der Waals surface area contributed by atoms with Crippen LogP contribution in [0.3, 0.4) is 0 Å². The van der Waals surface area contributed by atoms with Gasteiger partial charge in [0.05, 0.1) is 17.1 Å². The molecule has 2 fully saturated rings. The first-order valence-corrected chi connectivity index (χ1v) is 16.0. The molecule has 0 unspecified atom stereocenters. The fourth-order valence-corrected chi connectivity index (χ4v) is 6.76. The second kappa shape index (κ2) is 12.1. The number of phenols is 1. The van der Waals surface area contributed by atoms with E-state index in [9.17, 15) is 13.5 Å². The average Bonchev–Trinajstić information content (AvgIpc) is 3.00. The number of benzene rings is 3. The van der Waals surface area contributed by atoms with Gasteiger partial charge in [-0.05, 0) is 56.0 Å². The Labute approximate surface area is 252 Å². The summed E-state index contributed by atoms with van der Waals surface area (Å²) in [5.74, 6) is 1.30. The molecule has 0 amide bonds. The summed E-state index contributed by atoms with van der Waals surface area (Å²) in [5, 5.41) is 14.4. The van der Waals surface area contributed by atoms with Gasteiger partial charge in [-0.2, -0.15) is 15.0 Å². The van der Waals surface area contributed by atoms with Crippen LogP contribution in [-0.2, 0) is 16.6 Å². The Bertz CT molecular complexity index is 1670. The van der Waals surface area contributed by atoms with Crippen molar-refractivity contribution in [3.8, 4) is 5.75 Å². The summed E-state index contributed by atoms with van der Waals surface area (Å²) < 4.78 is 29.0. The lowest BCUT2D eigenvalue weighted by Gasteiger charge is -2.37. The fraction of sp³-hybridized carbons (Fsp3) is 0.323. The Balaban J connectivity index is 1.32. The molecule has 4 aromatic rings. The van der Waals surface area contributed by atoms with E-state index in [1.807, 2.05) is 42.2 Å². The maximum absolute atomic E-state index is 13.9. The minimum absolute atomic E-state index is 0.0470. The number of hydrogen-bond acceptors (Lipinski definition) is 10. The molecule has 2 aliphatic rings. The number of nitrogens with two attached hydrogens (primary N) is 1. The van der Waals surface area contributed by atoms with Crippen LogP contribution in [0, 0.1) is 6.92 Å². The van der Waals surface area contributed by atoms with Gasteiger partial charge in [-0.1, -0.05) is 48.0 Å². The topological polar surface area (TPSA) is 141 Å². The summed E-state index contributed by atoms with van der Waals surface area (Å²) in [4.78, 5) is 18.4. The van der Waals surface area contributed by atoms with E-state index in [0.717, 1.165) is 37.1 Å². The highest BCUT2D eigenvalue weighted by Crippen LogP contribution is 2.36. The Morgan fingerprint density at radius 3 is 2.23 bits per heavy atom. The van der Waals surface area contributed by atoms with E-state index in [1.54, 1.807) is 36.4 Å². The molecule has 43 heavy (non-hydrogen) atoms. The summed E-state index contributed by atoms with van der Waals surface area (Å²) in [6, 6.07) is 20.9. The molecule has 224 valence electrons. The zero-order valence-electron chi connectivity index (χ0n) is 24.1. The molecule has 12 heteroatoms. The van der Waals surface area contributed by atoms with E-state index in [2.05, 4.69) is 20.2 Å². The van der Waals surface area contributed by atoms with Crippen molar-refractivity contribution >= 4 is 39.2 Å². The van der Waals surface area contributed by atoms with Crippen LogP contribution >= 0.6 is 0 Å². The molecule has 0 atom stereocenters. The number of nitrogens with one attached hydrogen (secondary N) is 1.